The van der Waals surface area contributed by atoms with Crippen LogP contribution < -0.4 is 11.5 Å². The van der Waals surface area contributed by atoms with E-state index in [-0.39, 0.29) is 0 Å². The van der Waals surface area contributed by atoms with E-state index in [1.807, 2.05) is 51.2 Å². The Hall–Kier alpha value is -2.50. The maximum atomic E-state index is 5.71. The van der Waals surface area contributed by atoms with Crippen molar-refractivity contribution in [2.45, 2.75) is 46.4 Å². The number of hydrogen-bond donors (Lipinski definition) is 2. The van der Waals surface area contributed by atoms with Crippen LogP contribution in [-0.4, -0.2) is 20.9 Å². The Morgan fingerprint density at radius 3 is 2.09 bits per heavy atom. The first-order chi connectivity index (χ1) is 15.6. The number of allylic oxidation sites excluding steroid dienone is 12. The summed E-state index contributed by atoms with van der Waals surface area (Å²) < 4.78 is 0.922. The van der Waals surface area contributed by atoms with Crippen molar-refractivity contribution in [2.24, 2.45) is 11.5 Å². The van der Waals surface area contributed by atoms with Gasteiger partial charge >= 0.3 is 0 Å². The average Bonchev–Trinajstić information content (AvgIpc) is 2.70. The van der Waals surface area contributed by atoms with Gasteiger partial charge in [-0.1, -0.05) is 94.9 Å². The van der Waals surface area contributed by atoms with Crippen molar-refractivity contribution >= 4 is 23.8 Å². The van der Waals surface area contributed by atoms with E-state index in [0.717, 1.165) is 45.2 Å². The van der Waals surface area contributed by atoms with Crippen LogP contribution in [-0.2, 0) is 0 Å². The third-order valence-corrected chi connectivity index (χ3v) is 4.52. The molecular formula is C29H38BBrN2. The molecule has 0 aliphatic heterocycles. The van der Waals surface area contributed by atoms with Crippen LogP contribution in [0.3, 0.4) is 0 Å². The fourth-order valence-electron chi connectivity index (χ4n) is 2.62. The van der Waals surface area contributed by atoms with E-state index in [1.165, 1.54) is 5.57 Å². The van der Waals surface area contributed by atoms with Gasteiger partial charge in [0.1, 0.15) is 7.85 Å². The highest BCUT2D eigenvalue weighted by Crippen LogP contribution is 2.14. The highest BCUT2D eigenvalue weighted by atomic mass is 79.9. The van der Waals surface area contributed by atoms with Gasteiger partial charge in [-0.2, -0.15) is 0 Å². The van der Waals surface area contributed by atoms with Crippen molar-refractivity contribution in [3.05, 3.63) is 93.6 Å². The van der Waals surface area contributed by atoms with Gasteiger partial charge in [-0.15, -0.1) is 0 Å². The molecule has 0 radical (unpaired) electrons. The molecule has 0 aromatic heterocycles. The molecule has 0 aromatic carbocycles. The van der Waals surface area contributed by atoms with Crippen LogP contribution >= 0.6 is 15.9 Å². The zero-order chi connectivity index (χ0) is 25.2. The van der Waals surface area contributed by atoms with Gasteiger partial charge in [0.25, 0.3) is 0 Å². The average molecular weight is 505 g/mol. The third-order valence-electron chi connectivity index (χ3n) is 4.06. The molecule has 0 spiro atoms. The van der Waals surface area contributed by atoms with E-state index >= 15 is 0 Å². The van der Waals surface area contributed by atoms with Crippen LogP contribution in [0.5, 0.6) is 0 Å². The van der Waals surface area contributed by atoms with Crippen LogP contribution in [0.25, 0.3) is 0 Å². The first kappa shape index (κ1) is 30.5. The van der Waals surface area contributed by atoms with Gasteiger partial charge in [0, 0.05) is 15.6 Å². The highest BCUT2D eigenvalue weighted by molar-refractivity contribution is 9.11. The van der Waals surface area contributed by atoms with Crippen LogP contribution in [0.15, 0.2) is 93.6 Å². The zero-order valence-corrected chi connectivity index (χ0v) is 22.5. The smallest absolute Gasteiger partial charge is 0.109 e. The monoisotopic (exact) mass is 504 g/mol. The highest BCUT2D eigenvalue weighted by Gasteiger charge is 1.96. The minimum Gasteiger partial charge on any atom is -0.330 e. The summed E-state index contributed by atoms with van der Waals surface area (Å²) in [6, 6.07) is 0. The summed E-state index contributed by atoms with van der Waals surface area (Å²) in [5, 5.41) is 0. The maximum Gasteiger partial charge on any atom is 0.109 e. The SMILES string of the molecule is BC(C)/C=C(\C=C(/C)C#C/C(C)=C/C=C\C(=C)C#C/C(C)=C/C(Br)=C\C(=C)CCN)CCN. The van der Waals surface area contributed by atoms with Crippen molar-refractivity contribution in [1.29, 1.82) is 0 Å². The van der Waals surface area contributed by atoms with E-state index in [2.05, 4.69) is 79.7 Å². The van der Waals surface area contributed by atoms with E-state index < -0.39 is 0 Å². The van der Waals surface area contributed by atoms with Gasteiger partial charge in [0.2, 0.25) is 0 Å². The molecule has 0 fully saturated rings. The molecular weight excluding hydrogens is 467 g/mol. The molecule has 0 amide bonds. The molecule has 0 saturated heterocycles. The topological polar surface area (TPSA) is 52.0 Å². The second kappa shape index (κ2) is 18.0. The molecule has 0 aliphatic rings. The Bertz CT molecular complexity index is 994. The molecule has 0 bridgehead atoms. The van der Waals surface area contributed by atoms with E-state index in [1.54, 1.807) is 0 Å². The fraction of sp³-hybridized carbons (Fsp3) is 0.310. The summed E-state index contributed by atoms with van der Waals surface area (Å²) in [5.74, 6) is 13.0. The molecule has 0 aliphatic carbocycles. The van der Waals surface area contributed by atoms with Crippen molar-refractivity contribution in [2.75, 3.05) is 13.1 Å². The number of rotatable bonds is 10. The number of halogens is 1. The van der Waals surface area contributed by atoms with Gasteiger partial charge in [-0.05, 0) is 82.2 Å². The molecule has 33 heavy (non-hydrogen) atoms. The number of hydrogen-bond acceptors (Lipinski definition) is 2. The van der Waals surface area contributed by atoms with Crippen LogP contribution in [0.2, 0.25) is 5.82 Å². The summed E-state index contributed by atoms with van der Waals surface area (Å²) in [6.45, 7) is 17.3. The lowest BCUT2D eigenvalue weighted by Gasteiger charge is -2.03. The lowest BCUT2D eigenvalue weighted by atomic mass is 9.87. The van der Waals surface area contributed by atoms with Crippen molar-refractivity contribution in [1.82, 2.24) is 0 Å². The van der Waals surface area contributed by atoms with Crippen LogP contribution in [0.4, 0.5) is 0 Å². The summed E-state index contributed by atoms with van der Waals surface area (Å²) >= 11 is 3.52. The first-order valence-electron chi connectivity index (χ1n) is 11.2. The van der Waals surface area contributed by atoms with Crippen LogP contribution in [0.1, 0.15) is 40.5 Å². The summed E-state index contributed by atoms with van der Waals surface area (Å²) in [5.41, 5.74) is 17.1. The molecule has 1 unspecified atom stereocenters. The van der Waals surface area contributed by atoms with Gasteiger partial charge in [-0.25, -0.2) is 0 Å². The maximum absolute atomic E-state index is 5.71. The molecule has 0 aromatic rings. The lowest BCUT2D eigenvalue weighted by Crippen LogP contribution is -2.00. The zero-order valence-electron chi connectivity index (χ0n) is 20.9. The second-order valence-electron chi connectivity index (χ2n) is 8.14. The predicted octanol–water partition coefficient (Wildman–Crippen LogP) is 5.85. The Morgan fingerprint density at radius 1 is 0.909 bits per heavy atom. The second-order valence-corrected chi connectivity index (χ2v) is 9.05. The molecule has 0 heterocycles. The van der Waals surface area contributed by atoms with E-state index in [4.69, 9.17) is 11.5 Å². The molecule has 1 atom stereocenters. The standard InChI is InChI=1S/C29H38BBrN2/c1-22(10-12-24(3)18-28(15-17-33)21-27(6)30)8-7-9-23(2)11-13-25(4)19-29(31)20-26(5)14-16-32/h7-9,18-21,27H,2,5,14-17,30,32-33H2,1,3-4,6H3/b9-7-,22-8+,24-18+,25-19+,28-21-,29-20+. The first-order valence-corrected chi connectivity index (χ1v) is 12.0. The van der Waals surface area contributed by atoms with Gasteiger partial charge in [0.15, 0.2) is 0 Å². The third kappa shape index (κ3) is 17.7. The Labute approximate surface area is 211 Å². The largest absolute Gasteiger partial charge is 0.330 e. The van der Waals surface area contributed by atoms with Gasteiger partial charge in [0.05, 0.1) is 0 Å². The van der Waals surface area contributed by atoms with Crippen LogP contribution in [0, 0.1) is 23.7 Å². The molecule has 2 nitrogen and oxygen atoms in total. The summed E-state index contributed by atoms with van der Waals surface area (Å²) in [7, 11) is 2.17. The van der Waals surface area contributed by atoms with Gasteiger partial charge in [-0.3, -0.25) is 0 Å². The Balaban J connectivity index is 5.09. The van der Waals surface area contributed by atoms with Crippen molar-refractivity contribution in [3.8, 4) is 23.7 Å². The van der Waals surface area contributed by atoms with E-state index in [9.17, 15) is 0 Å². The lowest BCUT2D eigenvalue weighted by molar-refractivity contribution is 0.960. The Kier molecular flexibility index (Phi) is 16.6. The minimum absolute atomic E-state index is 0.491. The quantitative estimate of drug-likeness (QED) is 0.223. The van der Waals surface area contributed by atoms with Gasteiger partial charge < -0.3 is 11.5 Å². The number of nitrogens with two attached hydrogens (primary N) is 2. The molecule has 4 heteroatoms. The molecule has 0 saturated carbocycles. The molecule has 174 valence electrons. The summed E-state index contributed by atoms with van der Waals surface area (Å²) in [4.78, 5) is 0. The van der Waals surface area contributed by atoms with Crippen molar-refractivity contribution in [3.63, 3.8) is 0 Å². The molecule has 4 N–H and O–H groups in total. The summed E-state index contributed by atoms with van der Waals surface area (Å²) in [6.07, 6.45) is 15.7. The van der Waals surface area contributed by atoms with Crippen molar-refractivity contribution < 1.29 is 0 Å². The normalized spacial score (nSPS) is 14.3. The minimum atomic E-state index is 0.491. The fourth-order valence-corrected chi connectivity index (χ4v) is 3.28. The Morgan fingerprint density at radius 2 is 1.48 bits per heavy atom. The molecule has 0 rings (SSSR count). The predicted molar refractivity (Wildman–Crippen MR) is 155 cm³/mol. The van der Waals surface area contributed by atoms with E-state index in [0.29, 0.717) is 18.9 Å².